The van der Waals surface area contributed by atoms with E-state index in [1.807, 2.05) is 30.3 Å². The van der Waals surface area contributed by atoms with E-state index < -0.39 is 9.84 Å². The molecule has 0 unspecified atom stereocenters. The molecule has 130 valence electrons. The van der Waals surface area contributed by atoms with Gasteiger partial charge in [0.05, 0.1) is 6.42 Å². The van der Waals surface area contributed by atoms with Crippen molar-refractivity contribution in [3.63, 3.8) is 0 Å². The summed E-state index contributed by atoms with van der Waals surface area (Å²) in [6.07, 6.45) is 4.45. The summed E-state index contributed by atoms with van der Waals surface area (Å²) in [6, 6.07) is 9.60. The minimum absolute atomic E-state index is 0.0101. The zero-order chi connectivity index (χ0) is 17.4. The van der Waals surface area contributed by atoms with Crippen LogP contribution in [-0.2, 0) is 27.5 Å². The van der Waals surface area contributed by atoms with E-state index in [9.17, 15) is 13.2 Å². The number of sulfone groups is 1. The van der Waals surface area contributed by atoms with Crippen molar-refractivity contribution >= 4 is 15.7 Å². The number of benzene rings is 1. The van der Waals surface area contributed by atoms with Crippen LogP contribution in [0.15, 0.2) is 40.0 Å². The lowest BCUT2D eigenvalue weighted by Gasteiger charge is -2.05. The average Bonchev–Trinajstić information content (AvgIpc) is 3.01. The van der Waals surface area contributed by atoms with E-state index in [0.717, 1.165) is 31.1 Å². The Morgan fingerprint density at radius 1 is 1.12 bits per heavy atom. The van der Waals surface area contributed by atoms with Crippen molar-refractivity contribution < 1.29 is 17.6 Å². The Bertz CT molecular complexity index is 757. The molecule has 1 aromatic carbocycles. The van der Waals surface area contributed by atoms with E-state index in [1.54, 1.807) is 0 Å². The molecule has 1 aromatic heterocycles. The minimum atomic E-state index is -3.44. The summed E-state index contributed by atoms with van der Waals surface area (Å²) in [5.74, 6) is 0.333. The molecule has 0 spiro atoms. The summed E-state index contributed by atoms with van der Waals surface area (Å²) in [4.78, 5) is 11.8. The molecule has 7 nitrogen and oxygen atoms in total. The number of aryl methyl sites for hydroxylation is 1. The van der Waals surface area contributed by atoms with Gasteiger partial charge < -0.3 is 9.73 Å². The van der Waals surface area contributed by atoms with Gasteiger partial charge in [-0.3, -0.25) is 4.79 Å². The van der Waals surface area contributed by atoms with Gasteiger partial charge in [0.1, 0.15) is 0 Å². The average molecular weight is 351 g/mol. The van der Waals surface area contributed by atoms with Crippen LogP contribution in [-0.4, -0.2) is 37.3 Å². The first kappa shape index (κ1) is 18.1. The second kappa shape index (κ2) is 8.58. The van der Waals surface area contributed by atoms with Gasteiger partial charge >= 0.3 is 5.22 Å². The molecule has 0 bridgehead atoms. The molecule has 0 radical (unpaired) electrons. The van der Waals surface area contributed by atoms with Crippen LogP contribution in [0.2, 0.25) is 0 Å². The van der Waals surface area contributed by atoms with Gasteiger partial charge in [0.15, 0.2) is 0 Å². The van der Waals surface area contributed by atoms with E-state index in [1.165, 1.54) is 0 Å². The number of hydrogen-bond acceptors (Lipinski definition) is 6. The smallest absolute Gasteiger partial charge is 0.335 e. The number of unbranched alkanes of at least 4 members (excludes halogenated alkanes) is 2. The Morgan fingerprint density at radius 2 is 1.88 bits per heavy atom. The van der Waals surface area contributed by atoms with Gasteiger partial charge in [-0.1, -0.05) is 41.9 Å². The van der Waals surface area contributed by atoms with E-state index in [-0.39, 0.29) is 11.1 Å². The molecule has 2 aromatic rings. The summed E-state index contributed by atoms with van der Waals surface area (Å²) in [5.41, 5.74) is 0.994. The summed E-state index contributed by atoms with van der Waals surface area (Å²) in [6.45, 7) is 0.615. The van der Waals surface area contributed by atoms with Crippen LogP contribution in [0.4, 0.5) is 0 Å². The van der Waals surface area contributed by atoms with Gasteiger partial charge in [-0.15, -0.1) is 5.10 Å². The summed E-state index contributed by atoms with van der Waals surface area (Å²) in [5, 5.41) is 9.76. The SMILES string of the molecule is CS(=O)(=O)c1nnc(CCCCCNC(=O)Cc2ccccc2)o1. The Hall–Kier alpha value is -2.22. The lowest BCUT2D eigenvalue weighted by atomic mass is 10.1. The van der Waals surface area contributed by atoms with Crippen molar-refractivity contribution in [1.82, 2.24) is 15.5 Å². The largest absolute Gasteiger partial charge is 0.413 e. The molecule has 0 aliphatic carbocycles. The highest BCUT2D eigenvalue weighted by Gasteiger charge is 2.15. The van der Waals surface area contributed by atoms with Crippen molar-refractivity contribution in [1.29, 1.82) is 0 Å². The highest BCUT2D eigenvalue weighted by Crippen LogP contribution is 2.09. The fraction of sp³-hybridized carbons (Fsp3) is 0.438. The summed E-state index contributed by atoms with van der Waals surface area (Å²) >= 11 is 0. The van der Waals surface area contributed by atoms with E-state index in [2.05, 4.69) is 15.5 Å². The zero-order valence-corrected chi connectivity index (χ0v) is 14.4. The first-order valence-corrected chi connectivity index (χ1v) is 9.67. The van der Waals surface area contributed by atoms with Gasteiger partial charge in [-0.25, -0.2) is 8.42 Å². The van der Waals surface area contributed by atoms with Gasteiger partial charge in [0.25, 0.3) is 0 Å². The van der Waals surface area contributed by atoms with E-state index >= 15 is 0 Å². The summed E-state index contributed by atoms with van der Waals surface area (Å²) in [7, 11) is -3.44. The van der Waals surface area contributed by atoms with Crippen molar-refractivity contribution in [2.45, 2.75) is 37.3 Å². The van der Waals surface area contributed by atoms with Gasteiger partial charge in [-0.2, -0.15) is 0 Å². The maximum absolute atomic E-state index is 11.8. The van der Waals surface area contributed by atoms with Crippen LogP contribution in [0.3, 0.4) is 0 Å². The quantitative estimate of drug-likeness (QED) is 0.688. The monoisotopic (exact) mass is 351 g/mol. The second-order valence-electron chi connectivity index (χ2n) is 5.56. The number of amides is 1. The maximum Gasteiger partial charge on any atom is 0.335 e. The molecule has 0 saturated carbocycles. The molecular weight excluding hydrogens is 330 g/mol. The molecule has 0 saturated heterocycles. The Kier molecular flexibility index (Phi) is 6.48. The molecular formula is C16H21N3O4S. The number of nitrogens with zero attached hydrogens (tertiary/aromatic N) is 2. The van der Waals surface area contributed by atoms with Crippen LogP contribution in [0, 0.1) is 0 Å². The van der Waals surface area contributed by atoms with Crippen molar-refractivity contribution in [3.8, 4) is 0 Å². The fourth-order valence-electron chi connectivity index (χ4n) is 2.14. The topological polar surface area (TPSA) is 102 Å². The minimum Gasteiger partial charge on any atom is -0.413 e. The lowest BCUT2D eigenvalue weighted by molar-refractivity contribution is -0.120. The molecule has 1 N–H and O–H groups in total. The number of rotatable bonds is 9. The third-order valence-corrected chi connectivity index (χ3v) is 4.16. The predicted molar refractivity (Wildman–Crippen MR) is 88.1 cm³/mol. The standard InChI is InChI=1S/C16H21N3O4S/c1-24(21,22)16-19-18-15(23-16)10-6-3-7-11-17-14(20)12-13-8-4-2-5-9-13/h2,4-5,8-9H,3,6-7,10-12H2,1H3,(H,17,20). The molecule has 24 heavy (non-hydrogen) atoms. The van der Waals surface area contributed by atoms with Crippen LogP contribution in [0.25, 0.3) is 0 Å². The maximum atomic E-state index is 11.8. The molecule has 2 rings (SSSR count). The number of hydrogen-bond donors (Lipinski definition) is 1. The number of nitrogens with one attached hydrogen (secondary N) is 1. The number of carbonyl (C=O) groups is 1. The Labute approximate surface area is 141 Å². The molecule has 0 fully saturated rings. The second-order valence-corrected chi connectivity index (χ2v) is 7.45. The third kappa shape index (κ3) is 6.11. The van der Waals surface area contributed by atoms with E-state index in [0.29, 0.717) is 25.3 Å². The van der Waals surface area contributed by atoms with Crippen LogP contribution in [0.1, 0.15) is 30.7 Å². The van der Waals surface area contributed by atoms with Crippen LogP contribution in [0.5, 0.6) is 0 Å². The third-order valence-electron chi connectivity index (χ3n) is 3.36. The van der Waals surface area contributed by atoms with Crippen LogP contribution >= 0.6 is 0 Å². The predicted octanol–water partition coefficient (Wildman–Crippen LogP) is 1.54. The van der Waals surface area contributed by atoms with Crippen LogP contribution < -0.4 is 5.32 Å². The van der Waals surface area contributed by atoms with E-state index in [4.69, 9.17) is 4.42 Å². The molecule has 1 heterocycles. The first-order chi connectivity index (χ1) is 11.4. The lowest BCUT2D eigenvalue weighted by Crippen LogP contribution is -2.26. The molecule has 0 atom stereocenters. The van der Waals surface area contributed by atoms with Gasteiger partial charge in [-0.05, 0) is 18.4 Å². The number of carbonyl (C=O) groups excluding carboxylic acids is 1. The molecule has 0 aliphatic heterocycles. The molecule has 8 heteroatoms. The molecule has 1 amide bonds. The highest BCUT2D eigenvalue weighted by atomic mass is 32.2. The van der Waals surface area contributed by atoms with Gasteiger partial charge in [0.2, 0.25) is 21.6 Å². The van der Waals surface area contributed by atoms with Crippen molar-refractivity contribution in [3.05, 3.63) is 41.8 Å². The number of aromatic nitrogens is 2. The summed E-state index contributed by atoms with van der Waals surface area (Å²) < 4.78 is 27.5. The Balaban J connectivity index is 1.58. The fourth-order valence-corrected chi connectivity index (χ4v) is 2.58. The van der Waals surface area contributed by atoms with Gasteiger partial charge in [0, 0.05) is 19.2 Å². The first-order valence-electron chi connectivity index (χ1n) is 7.78. The normalized spacial score (nSPS) is 11.4. The zero-order valence-electron chi connectivity index (χ0n) is 13.6. The molecule has 0 aliphatic rings. The highest BCUT2D eigenvalue weighted by molar-refractivity contribution is 7.90. The van der Waals surface area contributed by atoms with Crippen molar-refractivity contribution in [2.24, 2.45) is 0 Å². The van der Waals surface area contributed by atoms with Crippen molar-refractivity contribution in [2.75, 3.05) is 12.8 Å². The Morgan fingerprint density at radius 3 is 2.54 bits per heavy atom.